The van der Waals surface area contributed by atoms with E-state index in [2.05, 4.69) is 26.1 Å². The fourth-order valence-corrected chi connectivity index (χ4v) is 1.70. The molecule has 4 heteroatoms. The molecule has 0 aromatic rings. The van der Waals surface area contributed by atoms with Crippen LogP contribution in [0, 0.1) is 0 Å². The lowest BCUT2D eigenvalue weighted by Gasteiger charge is -2.30. The van der Waals surface area contributed by atoms with Crippen molar-refractivity contribution in [2.75, 3.05) is 26.8 Å². The summed E-state index contributed by atoms with van der Waals surface area (Å²) in [7, 11) is 1.66. The molecule has 16 heavy (non-hydrogen) atoms. The third-order valence-electron chi connectivity index (χ3n) is 2.71. The zero-order valence-electron chi connectivity index (χ0n) is 11.1. The number of ether oxygens (including phenoxy) is 1. The molecule has 0 fully saturated rings. The normalized spacial score (nSPS) is 10.6. The summed E-state index contributed by atoms with van der Waals surface area (Å²) in [5.74, 6) is 0. The maximum Gasteiger partial charge on any atom is 0.317 e. The van der Waals surface area contributed by atoms with E-state index in [9.17, 15) is 4.79 Å². The van der Waals surface area contributed by atoms with Crippen LogP contribution in [0.5, 0.6) is 0 Å². The van der Waals surface area contributed by atoms with Gasteiger partial charge in [0.1, 0.15) is 0 Å². The van der Waals surface area contributed by atoms with Crippen LogP contribution in [0.3, 0.4) is 0 Å². The number of hydrogen-bond acceptors (Lipinski definition) is 2. The molecule has 0 atom stereocenters. The smallest absolute Gasteiger partial charge is 0.317 e. The van der Waals surface area contributed by atoms with Gasteiger partial charge in [0.25, 0.3) is 0 Å². The molecule has 2 amide bonds. The first kappa shape index (κ1) is 15.2. The van der Waals surface area contributed by atoms with Crippen molar-refractivity contribution in [3.05, 3.63) is 0 Å². The summed E-state index contributed by atoms with van der Waals surface area (Å²) in [6, 6.07) is 0.347. The van der Waals surface area contributed by atoms with Gasteiger partial charge in [0.05, 0.1) is 6.61 Å². The molecule has 0 aromatic carbocycles. The van der Waals surface area contributed by atoms with E-state index in [0.29, 0.717) is 19.2 Å². The maximum absolute atomic E-state index is 11.9. The molecule has 0 aliphatic rings. The first-order chi connectivity index (χ1) is 7.71. The molecular weight excluding hydrogens is 204 g/mol. The molecule has 0 saturated heterocycles. The number of hydrogen-bond donors (Lipinski definition) is 1. The molecule has 4 nitrogen and oxygen atoms in total. The van der Waals surface area contributed by atoms with Gasteiger partial charge in [-0.15, -0.1) is 0 Å². The third kappa shape index (κ3) is 5.35. The Kier molecular flexibility index (Phi) is 9.00. The molecule has 0 rings (SSSR count). The Bertz CT molecular complexity index is 182. The zero-order valence-corrected chi connectivity index (χ0v) is 11.1. The van der Waals surface area contributed by atoms with Crippen molar-refractivity contribution in [3.63, 3.8) is 0 Å². The quantitative estimate of drug-likeness (QED) is 0.695. The number of amides is 2. The van der Waals surface area contributed by atoms with Crippen LogP contribution >= 0.6 is 0 Å². The van der Waals surface area contributed by atoms with Gasteiger partial charge < -0.3 is 15.0 Å². The second-order valence-electron chi connectivity index (χ2n) is 3.89. The Hall–Kier alpha value is -0.770. The van der Waals surface area contributed by atoms with Crippen molar-refractivity contribution in [3.8, 4) is 0 Å². The molecule has 0 saturated carbocycles. The van der Waals surface area contributed by atoms with Crippen LogP contribution in [0.15, 0.2) is 0 Å². The minimum absolute atomic E-state index is 0.0348. The lowest BCUT2D eigenvalue weighted by Crippen LogP contribution is -2.47. The van der Waals surface area contributed by atoms with Crippen LogP contribution in [0.25, 0.3) is 0 Å². The summed E-state index contributed by atoms with van der Waals surface area (Å²) < 4.78 is 5.04. The molecule has 0 aliphatic heterocycles. The van der Waals surface area contributed by atoms with Gasteiger partial charge in [-0.2, -0.15) is 0 Å². The van der Waals surface area contributed by atoms with Gasteiger partial charge in [-0.25, -0.2) is 4.79 Å². The number of rotatable bonds is 8. The molecule has 0 bridgehead atoms. The van der Waals surface area contributed by atoms with Crippen LogP contribution in [0.4, 0.5) is 4.79 Å². The van der Waals surface area contributed by atoms with Gasteiger partial charge in [-0.1, -0.05) is 20.8 Å². The van der Waals surface area contributed by atoms with Crippen molar-refractivity contribution in [2.24, 2.45) is 0 Å². The van der Waals surface area contributed by atoms with Crippen LogP contribution in [0.2, 0.25) is 0 Å². The minimum Gasteiger partial charge on any atom is -0.383 e. The van der Waals surface area contributed by atoms with E-state index in [0.717, 1.165) is 25.8 Å². The predicted octanol–water partition coefficient (Wildman–Crippen LogP) is 2.24. The average Bonchev–Trinajstić information content (AvgIpc) is 2.31. The maximum atomic E-state index is 11.9. The summed E-state index contributed by atoms with van der Waals surface area (Å²) >= 11 is 0. The van der Waals surface area contributed by atoms with Crippen LogP contribution < -0.4 is 5.32 Å². The monoisotopic (exact) mass is 230 g/mol. The van der Waals surface area contributed by atoms with Crippen molar-refractivity contribution in [2.45, 2.75) is 46.1 Å². The molecule has 0 aliphatic carbocycles. The van der Waals surface area contributed by atoms with Crippen molar-refractivity contribution < 1.29 is 9.53 Å². The van der Waals surface area contributed by atoms with Gasteiger partial charge in [0, 0.05) is 26.2 Å². The number of urea groups is 1. The Balaban J connectivity index is 4.32. The average molecular weight is 230 g/mol. The van der Waals surface area contributed by atoms with E-state index in [1.807, 2.05) is 4.90 Å². The number of carbonyl (C=O) groups excluding carboxylic acids is 1. The van der Waals surface area contributed by atoms with Gasteiger partial charge >= 0.3 is 6.03 Å². The number of nitrogens with zero attached hydrogens (tertiary/aromatic N) is 1. The van der Waals surface area contributed by atoms with E-state index in [4.69, 9.17) is 4.74 Å². The highest BCUT2D eigenvalue weighted by Gasteiger charge is 2.19. The van der Waals surface area contributed by atoms with E-state index in [1.165, 1.54) is 0 Å². The van der Waals surface area contributed by atoms with Crippen LogP contribution in [0.1, 0.15) is 40.0 Å². The molecule has 1 N–H and O–H groups in total. The first-order valence-electron chi connectivity index (χ1n) is 6.24. The Morgan fingerprint density at radius 3 is 2.38 bits per heavy atom. The fraction of sp³-hybridized carbons (Fsp3) is 0.917. The Morgan fingerprint density at radius 2 is 1.94 bits per heavy atom. The summed E-state index contributed by atoms with van der Waals surface area (Å²) in [5.41, 5.74) is 0. The van der Waals surface area contributed by atoms with Crippen molar-refractivity contribution >= 4 is 6.03 Å². The largest absolute Gasteiger partial charge is 0.383 e. The second-order valence-corrected chi connectivity index (χ2v) is 3.89. The Labute approximate surface area is 99.3 Å². The predicted molar refractivity (Wildman–Crippen MR) is 66.6 cm³/mol. The van der Waals surface area contributed by atoms with Crippen molar-refractivity contribution in [1.82, 2.24) is 10.2 Å². The van der Waals surface area contributed by atoms with Crippen molar-refractivity contribution in [1.29, 1.82) is 0 Å². The number of carbonyl (C=O) groups is 1. The number of methoxy groups -OCH3 is 1. The van der Waals surface area contributed by atoms with Gasteiger partial charge in [-0.3, -0.25) is 0 Å². The highest BCUT2D eigenvalue weighted by atomic mass is 16.5. The van der Waals surface area contributed by atoms with Crippen LogP contribution in [-0.2, 0) is 4.74 Å². The lowest BCUT2D eigenvalue weighted by molar-refractivity contribution is 0.126. The van der Waals surface area contributed by atoms with E-state index >= 15 is 0 Å². The molecule has 0 unspecified atom stereocenters. The standard InChI is InChI=1S/C12H26N2O2/c1-5-8-13-12(15)14(9-10-16-4)11(6-2)7-3/h11H,5-10H2,1-4H3,(H,13,15). The molecule has 96 valence electrons. The summed E-state index contributed by atoms with van der Waals surface area (Å²) in [6.07, 6.45) is 2.94. The van der Waals surface area contributed by atoms with Gasteiger partial charge in [-0.05, 0) is 19.3 Å². The molecule has 0 heterocycles. The van der Waals surface area contributed by atoms with Gasteiger partial charge in [0.15, 0.2) is 0 Å². The third-order valence-corrected chi connectivity index (χ3v) is 2.71. The highest BCUT2D eigenvalue weighted by molar-refractivity contribution is 5.74. The summed E-state index contributed by atoms with van der Waals surface area (Å²) in [5, 5.41) is 2.92. The zero-order chi connectivity index (χ0) is 12.4. The summed E-state index contributed by atoms with van der Waals surface area (Å²) in [6.45, 7) is 8.27. The first-order valence-corrected chi connectivity index (χ1v) is 6.24. The van der Waals surface area contributed by atoms with E-state index in [1.54, 1.807) is 7.11 Å². The second kappa shape index (κ2) is 9.46. The topological polar surface area (TPSA) is 41.6 Å². The van der Waals surface area contributed by atoms with Gasteiger partial charge in [0.2, 0.25) is 0 Å². The summed E-state index contributed by atoms with van der Waals surface area (Å²) in [4.78, 5) is 13.8. The molecule has 0 spiro atoms. The van der Waals surface area contributed by atoms with E-state index in [-0.39, 0.29) is 6.03 Å². The molecule has 0 radical (unpaired) electrons. The van der Waals surface area contributed by atoms with E-state index < -0.39 is 0 Å². The molecule has 0 aromatic heterocycles. The number of nitrogens with one attached hydrogen (secondary N) is 1. The lowest BCUT2D eigenvalue weighted by atomic mass is 10.1. The molecular formula is C12H26N2O2. The highest BCUT2D eigenvalue weighted by Crippen LogP contribution is 2.08. The SMILES string of the molecule is CCCNC(=O)N(CCOC)C(CC)CC. The Morgan fingerprint density at radius 1 is 1.31 bits per heavy atom. The fourth-order valence-electron chi connectivity index (χ4n) is 1.70. The van der Waals surface area contributed by atoms with Crippen LogP contribution in [-0.4, -0.2) is 43.8 Å². The minimum atomic E-state index is 0.0348.